The Hall–Kier alpha value is -2.41. The lowest BCUT2D eigenvalue weighted by Crippen LogP contribution is -2.51. The number of rotatable bonds is 5. The predicted molar refractivity (Wildman–Crippen MR) is 86.4 cm³/mol. The van der Waals surface area contributed by atoms with Crippen LogP contribution in [0.5, 0.6) is 0 Å². The molecule has 0 aliphatic carbocycles. The summed E-state index contributed by atoms with van der Waals surface area (Å²) >= 11 is 0. The van der Waals surface area contributed by atoms with E-state index in [9.17, 15) is 14.4 Å². The molecule has 136 valence electrons. The molecule has 0 saturated carbocycles. The monoisotopic (exact) mass is 350 g/mol. The van der Waals surface area contributed by atoms with Crippen LogP contribution >= 0.6 is 0 Å². The van der Waals surface area contributed by atoms with E-state index < -0.39 is 36.2 Å². The summed E-state index contributed by atoms with van der Waals surface area (Å²) in [6, 6.07) is 9.42. The SMILES string of the molecule is CC(=O)OC[C@H]1O[C@@H](c2ccccc2)C[C@@H](OC(C)=O)[C@@H]1OC(C)=O. The maximum Gasteiger partial charge on any atom is 0.303 e. The molecule has 0 radical (unpaired) electrons. The largest absolute Gasteiger partial charge is 0.463 e. The predicted octanol–water partition coefficient (Wildman–Crippen LogP) is 1.94. The van der Waals surface area contributed by atoms with E-state index in [-0.39, 0.29) is 12.7 Å². The van der Waals surface area contributed by atoms with Crippen LogP contribution in [-0.4, -0.2) is 42.8 Å². The van der Waals surface area contributed by atoms with Gasteiger partial charge in [0.25, 0.3) is 0 Å². The van der Waals surface area contributed by atoms with Crippen molar-refractivity contribution in [2.75, 3.05) is 6.61 Å². The van der Waals surface area contributed by atoms with Gasteiger partial charge in [-0.05, 0) is 5.56 Å². The van der Waals surface area contributed by atoms with Crippen LogP contribution in [-0.2, 0) is 33.3 Å². The Kier molecular flexibility index (Phi) is 6.52. The Morgan fingerprint density at radius 2 is 1.64 bits per heavy atom. The van der Waals surface area contributed by atoms with Crippen molar-refractivity contribution in [2.24, 2.45) is 0 Å². The van der Waals surface area contributed by atoms with Crippen molar-refractivity contribution in [1.82, 2.24) is 0 Å². The fourth-order valence-electron chi connectivity index (χ4n) is 2.82. The topological polar surface area (TPSA) is 88.1 Å². The van der Waals surface area contributed by atoms with Gasteiger partial charge in [0.2, 0.25) is 0 Å². The Morgan fingerprint density at radius 3 is 2.20 bits per heavy atom. The van der Waals surface area contributed by atoms with E-state index in [1.165, 1.54) is 20.8 Å². The third-order valence-corrected chi connectivity index (χ3v) is 3.76. The van der Waals surface area contributed by atoms with Crippen LogP contribution in [0, 0.1) is 0 Å². The Balaban J connectivity index is 2.26. The Bertz CT molecular complexity index is 613. The molecule has 0 bridgehead atoms. The first-order chi connectivity index (χ1) is 11.9. The number of ether oxygens (including phenoxy) is 4. The van der Waals surface area contributed by atoms with Gasteiger partial charge >= 0.3 is 17.9 Å². The number of benzene rings is 1. The van der Waals surface area contributed by atoms with Crippen LogP contribution in [0.1, 0.15) is 38.9 Å². The Labute approximate surface area is 146 Å². The number of esters is 3. The van der Waals surface area contributed by atoms with Crippen molar-refractivity contribution in [3.05, 3.63) is 35.9 Å². The van der Waals surface area contributed by atoms with Gasteiger partial charge in [-0.1, -0.05) is 30.3 Å². The zero-order chi connectivity index (χ0) is 18.4. The lowest BCUT2D eigenvalue weighted by Gasteiger charge is -2.40. The average Bonchev–Trinajstić information content (AvgIpc) is 2.54. The molecular weight excluding hydrogens is 328 g/mol. The minimum Gasteiger partial charge on any atom is -0.463 e. The van der Waals surface area contributed by atoms with Gasteiger partial charge in [-0.25, -0.2) is 0 Å². The molecule has 0 amide bonds. The van der Waals surface area contributed by atoms with Crippen LogP contribution < -0.4 is 0 Å². The Morgan fingerprint density at radius 1 is 1.00 bits per heavy atom. The van der Waals surface area contributed by atoms with E-state index in [0.29, 0.717) is 6.42 Å². The highest BCUT2D eigenvalue weighted by molar-refractivity contribution is 5.67. The third kappa shape index (κ3) is 5.56. The summed E-state index contributed by atoms with van der Waals surface area (Å²) in [5, 5.41) is 0. The van der Waals surface area contributed by atoms with Gasteiger partial charge in [0, 0.05) is 27.2 Å². The summed E-state index contributed by atoms with van der Waals surface area (Å²) < 4.78 is 21.7. The molecule has 0 aromatic heterocycles. The molecule has 4 atom stereocenters. The lowest BCUT2D eigenvalue weighted by molar-refractivity contribution is -0.216. The quantitative estimate of drug-likeness (QED) is 0.592. The van der Waals surface area contributed by atoms with Crippen molar-refractivity contribution in [1.29, 1.82) is 0 Å². The highest BCUT2D eigenvalue weighted by atomic mass is 16.6. The molecule has 1 aromatic carbocycles. The number of hydrogen-bond acceptors (Lipinski definition) is 7. The van der Waals surface area contributed by atoms with Crippen LogP contribution in [0.4, 0.5) is 0 Å². The second-order valence-corrected chi connectivity index (χ2v) is 5.83. The van der Waals surface area contributed by atoms with Crippen molar-refractivity contribution < 1.29 is 33.3 Å². The summed E-state index contributed by atoms with van der Waals surface area (Å²) in [4.78, 5) is 34.1. The normalized spacial score (nSPS) is 25.7. The van der Waals surface area contributed by atoms with Gasteiger partial charge < -0.3 is 18.9 Å². The summed E-state index contributed by atoms with van der Waals surface area (Å²) in [5.74, 6) is -1.49. The van der Waals surface area contributed by atoms with Crippen molar-refractivity contribution >= 4 is 17.9 Å². The molecule has 0 N–H and O–H groups in total. The zero-order valence-corrected chi connectivity index (χ0v) is 14.5. The minimum atomic E-state index is -0.847. The fraction of sp³-hybridized carbons (Fsp3) is 0.500. The van der Waals surface area contributed by atoms with Crippen molar-refractivity contribution in [3.8, 4) is 0 Å². The number of hydrogen-bond donors (Lipinski definition) is 0. The van der Waals surface area contributed by atoms with Gasteiger partial charge in [0.1, 0.15) is 18.8 Å². The highest BCUT2D eigenvalue weighted by Gasteiger charge is 2.43. The molecule has 1 aliphatic heterocycles. The molecule has 1 aromatic rings. The molecule has 1 aliphatic rings. The van der Waals surface area contributed by atoms with E-state index in [0.717, 1.165) is 5.56 Å². The molecule has 0 spiro atoms. The van der Waals surface area contributed by atoms with E-state index in [1.807, 2.05) is 30.3 Å². The maximum atomic E-state index is 11.5. The van der Waals surface area contributed by atoms with Gasteiger partial charge in [0.05, 0.1) is 6.10 Å². The summed E-state index contributed by atoms with van der Waals surface area (Å²) in [7, 11) is 0. The average molecular weight is 350 g/mol. The van der Waals surface area contributed by atoms with Crippen LogP contribution in [0.25, 0.3) is 0 Å². The van der Waals surface area contributed by atoms with E-state index >= 15 is 0 Å². The lowest BCUT2D eigenvalue weighted by atomic mass is 9.93. The van der Waals surface area contributed by atoms with Crippen molar-refractivity contribution in [2.45, 2.75) is 51.6 Å². The summed E-state index contributed by atoms with van der Waals surface area (Å²) in [5.41, 5.74) is 0.897. The van der Waals surface area contributed by atoms with E-state index in [4.69, 9.17) is 18.9 Å². The molecule has 1 saturated heterocycles. The molecule has 25 heavy (non-hydrogen) atoms. The van der Waals surface area contributed by atoms with E-state index in [2.05, 4.69) is 0 Å². The summed E-state index contributed by atoms with van der Waals surface area (Å²) in [6.45, 7) is 3.73. The minimum absolute atomic E-state index is 0.103. The highest BCUT2D eigenvalue weighted by Crippen LogP contribution is 2.35. The first-order valence-corrected chi connectivity index (χ1v) is 8.05. The second kappa shape index (κ2) is 8.62. The standard InChI is InChI=1S/C18H22O7/c1-11(19)22-10-17-18(24-13(3)21)16(23-12(2)20)9-15(25-17)14-7-5-4-6-8-14/h4-8,15-18H,9-10H2,1-3H3/t15-,16-,17-,18+/m1/s1. The summed E-state index contributed by atoms with van der Waals surface area (Å²) in [6.07, 6.45) is -2.33. The number of carbonyl (C=O) groups is 3. The first kappa shape index (κ1) is 18.9. The zero-order valence-electron chi connectivity index (χ0n) is 14.5. The van der Waals surface area contributed by atoms with Crippen LogP contribution in [0.3, 0.4) is 0 Å². The molecule has 1 fully saturated rings. The van der Waals surface area contributed by atoms with Gasteiger partial charge in [-0.15, -0.1) is 0 Å². The maximum absolute atomic E-state index is 11.5. The molecule has 2 rings (SSSR count). The fourth-order valence-corrected chi connectivity index (χ4v) is 2.82. The van der Waals surface area contributed by atoms with E-state index in [1.54, 1.807) is 0 Å². The molecular formula is C18H22O7. The van der Waals surface area contributed by atoms with Crippen LogP contribution in [0.15, 0.2) is 30.3 Å². The molecule has 0 unspecified atom stereocenters. The van der Waals surface area contributed by atoms with Crippen LogP contribution in [0.2, 0.25) is 0 Å². The number of carbonyl (C=O) groups excluding carboxylic acids is 3. The molecule has 1 heterocycles. The smallest absolute Gasteiger partial charge is 0.303 e. The first-order valence-electron chi connectivity index (χ1n) is 8.05. The molecule has 7 heteroatoms. The van der Waals surface area contributed by atoms with Gasteiger partial charge in [-0.3, -0.25) is 14.4 Å². The molecule has 7 nitrogen and oxygen atoms in total. The van der Waals surface area contributed by atoms with Gasteiger partial charge in [-0.2, -0.15) is 0 Å². The third-order valence-electron chi connectivity index (χ3n) is 3.76. The van der Waals surface area contributed by atoms with Crippen molar-refractivity contribution in [3.63, 3.8) is 0 Å². The second-order valence-electron chi connectivity index (χ2n) is 5.83. The van der Waals surface area contributed by atoms with Gasteiger partial charge in [0.15, 0.2) is 6.10 Å².